The van der Waals surface area contributed by atoms with Crippen LogP contribution in [0, 0.1) is 0 Å². The Balaban J connectivity index is -0.000000688. The third-order valence-corrected chi connectivity index (χ3v) is 6.06. The van der Waals surface area contributed by atoms with E-state index in [1.807, 2.05) is 0 Å². The van der Waals surface area contributed by atoms with Gasteiger partial charge in [-0.3, -0.25) is 0 Å². The van der Waals surface area contributed by atoms with Crippen molar-refractivity contribution in [2.45, 2.75) is 142 Å². The first-order valence-electron chi connectivity index (χ1n) is 15.8. The summed E-state index contributed by atoms with van der Waals surface area (Å²) >= 11 is 0. The zero-order chi connectivity index (χ0) is 29.8. The van der Waals surface area contributed by atoms with Crippen LogP contribution in [0.3, 0.4) is 0 Å². The number of carboxylic acid groups (broad SMARTS) is 2. The molecule has 0 N–H and O–H groups in total. The molecule has 0 saturated carbocycles. The fourth-order valence-corrected chi connectivity index (χ4v) is 3.78. The number of carboxylic acids is 2. The second kappa shape index (κ2) is 40.0. The zero-order valence-corrected chi connectivity index (χ0v) is 27.2. The normalized spacial score (nSPS) is 11.8. The van der Waals surface area contributed by atoms with Gasteiger partial charge in [-0.2, -0.15) is 0 Å². The summed E-state index contributed by atoms with van der Waals surface area (Å²) in [7, 11) is 0. The van der Waals surface area contributed by atoms with E-state index in [0.29, 0.717) is 0 Å². The van der Waals surface area contributed by atoms with Crippen LogP contribution < -0.4 is 10.2 Å². The van der Waals surface area contributed by atoms with Crippen molar-refractivity contribution >= 4 is 11.9 Å². The van der Waals surface area contributed by atoms with E-state index in [-0.39, 0.29) is 29.9 Å². The molecule has 41 heavy (non-hydrogen) atoms. The summed E-state index contributed by atoms with van der Waals surface area (Å²) in [5, 5.41) is 20.4. The molecule has 234 valence electrons. The van der Waals surface area contributed by atoms with Gasteiger partial charge in [-0.1, -0.05) is 125 Å². The number of unbranched alkanes of at least 4 members (excludes halogenated alkanes) is 10. The second-order valence-corrected chi connectivity index (χ2v) is 9.94. The minimum atomic E-state index is -0.925. The van der Waals surface area contributed by atoms with Gasteiger partial charge in [0.25, 0.3) is 0 Å². The van der Waals surface area contributed by atoms with Gasteiger partial charge in [-0.05, 0) is 89.9 Å². The molecule has 0 aromatic rings. The smallest absolute Gasteiger partial charge is 0.550 e. The molecule has 0 aromatic carbocycles. The van der Waals surface area contributed by atoms with Crippen LogP contribution in [0.25, 0.3) is 0 Å². The maximum Gasteiger partial charge on any atom is 2.00 e. The van der Waals surface area contributed by atoms with Crippen LogP contribution in [0.5, 0.6) is 0 Å². The first-order valence-corrected chi connectivity index (χ1v) is 15.8. The summed E-state index contributed by atoms with van der Waals surface area (Å²) in [6.07, 6.45) is 46.1. The number of hydrogen-bond donors (Lipinski definition) is 0. The van der Waals surface area contributed by atoms with E-state index < -0.39 is 11.9 Å². The van der Waals surface area contributed by atoms with E-state index in [9.17, 15) is 19.8 Å². The summed E-state index contributed by atoms with van der Waals surface area (Å²) < 4.78 is 0. The molecule has 0 aromatic heterocycles. The van der Waals surface area contributed by atoms with Crippen LogP contribution in [0.2, 0.25) is 0 Å². The first-order chi connectivity index (χ1) is 19.5. The van der Waals surface area contributed by atoms with E-state index in [1.54, 1.807) is 0 Å². The van der Waals surface area contributed by atoms with Gasteiger partial charge >= 0.3 is 17.1 Å². The molecule has 0 saturated heterocycles. The van der Waals surface area contributed by atoms with Crippen LogP contribution in [-0.2, 0) is 26.7 Å². The molecule has 5 heteroatoms. The SMILES string of the molecule is CC/C=C\C/C=C\C/C=C\CCCCCCCC(=O)[O-].CC/C=C\C/C=C\C/C=C\CCCCCCCC(=O)[O-].[Fe+2]. The van der Waals surface area contributed by atoms with Gasteiger partial charge in [0, 0.05) is 11.9 Å². The van der Waals surface area contributed by atoms with E-state index in [2.05, 4.69) is 86.8 Å². The number of carbonyl (C=O) groups is 2. The van der Waals surface area contributed by atoms with Crippen molar-refractivity contribution in [1.82, 2.24) is 0 Å². The molecule has 0 aliphatic heterocycles. The second-order valence-electron chi connectivity index (χ2n) is 9.94. The van der Waals surface area contributed by atoms with Gasteiger partial charge in [-0.15, -0.1) is 0 Å². The molecule has 4 nitrogen and oxygen atoms in total. The molecule has 0 atom stereocenters. The minimum Gasteiger partial charge on any atom is -0.550 e. The van der Waals surface area contributed by atoms with Gasteiger partial charge in [0.2, 0.25) is 0 Å². The fourth-order valence-electron chi connectivity index (χ4n) is 3.78. The van der Waals surface area contributed by atoms with Crippen molar-refractivity contribution in [2.75, 3.05) is 0 Å². The quantitative estimate of drug-likeness (QED) is 0.0558. The maximum atomic E-state index is 10.2. The Hall–Kier alpha value is -2.10. The Morgan fingerprint density at radius 2 is 0.683 bits per heavy atom. The molecule has 0 heterocycles. The Morgan fingerprint density at radius 1 is 0.415 bits per heavy atom. The summed E-state index contributed by atoms with van der Waals surface area (Å²) in [6.45, 7) is 4.29. The van der Waals surface area contributed by atoms with Crippen molar-refractivity contribution in [3.8, 4) is 0 Å². The standard InChI is InChI=1S/2C18H30O2.Fe/c2*1-2-3-4-5-6-7-8-9-10-11-12-13-14-15-16-17-18(19)20;/h2*3-4,6-7,9-10H,2,5,8,11-17H2,1H3,(H,19,20);/q;;+2/p-2/b2*4-3-,7-6-,10-9-;. The van der Waals surface area contributed by atoms with Crippen molar-refractivity contribution in [2.24, 2.45) is 0 Å². The van der Waals surface area contributed by atoms with Gasteiger partial charge in [-0.25, -0.2) is 0 Å². The van der Waals surface area contributed by atoms with E-state index in [0.717, 1.165) is 89.9 Å². The Bertz CT molecular complexity index is 670. The Labute approximate surface area is 263 Å². The Morgan fingerprint density at radius 3 is 1.00 bits per heavy atom. The van der Waals surface area contributed by atoms with Crippen LogP contribution in [0.4, 0.5) is 0 Å². The van der Waals surface area contributed by atoms with Gasteiger partial charge < -0.3 is 19.8 Å². The summed E-state index contributed by atoms with van der Waals surface area (Å²) in [5.41, 5.74) is 0. The first kappa shape index (κ1) is 43.4. The van der Waals surface area contributed by atoms with Crippen LogP contribution in [0.15, 0.2) is 72.9 Å². The minimum absolute atomic E-state index is 0. The summed E-state index contributed by atoms with van der Waals surface area (Å²) in [4.78, 5) is 20.4. The molecule has 0 amide bonds. The average Bonchev–Trinajstić information content (AvgIpc) is 2.93. The van der Waals surface area contributed by atoms with E-state index >= 15 is 0 Å². The molecule has 0 fully saturated rings. The topological polar surface area (TPSA) is 80.3 Å². The zero-order valence-electron chi connectivity index (χ0n) is 26.1. The van der Waals surface area contributed by atoms with Gasteiger partial charge in [0.05, 0.1) is 0 Å². The summed E-state index contributed by atoms with van der Waals surface area (Å²) in [5.74, 6) is -1.85. The largest absolute Gasteiger partial charge is 2.00 e. The average molecular weight is 611 g/mol. The van der Waals surface area contributed by atoms with Gasteiger partial charge in [0.15, 0.2) is 0 Å². The molecule has 0 bridgehead atoms. The number of carbonyl (C=O) groups excluding carboxylic acids is 2. The van der Waals surface area contributed by atoms with E-state index in [1.165, 1.54) is 25.7 Å². The van der Waals surface area contributed by atoms with Crippen LogP contribution in [0.1, 0.15) is 142 Å². The molecule has 0 aliphatic rings. The Kier molecular flexibility index (Phi) is 42.3. The van der Waals surface area contributed by atoms with Crippen molar-refractivity contribution in [3.05, 3.63) is 72.9 Å². The number of hydrogen-bond acceptors (Lipinski definition) is 4. The number of aliphatic carboxylic acids is 2. The van der Waals surface area contributed by atoms with Gasteiger partial charge in [0.1, 0.15) is 0 Å². The summed E-state index contributed by atoms with van der Waals surface area (Å²) in [6, 6.07) is 0. The molecule has 0 unspecified atom stereocenters. The monoisotopic (exact) mass is 610 g/mol. The number of rotatable bonds is 26. The molecule has 0 spiro atoms. The van der Waals surface area contributed by atoms with Crippen LogP contribution >= 0.6 is 0 Å². The molecule has 0 aliphatic carbocycles. The molecule has 0 rings (SSSR count). The van der Waals surface area contributed by atoms with Crippen molar-refractivity contribution in [1.29, 1.82) is 0 Å². The fraction of sp³-hybridized carbons (Fsp3) is 0.611. The van der Waals surface area contributed by atoms with Crippen LogP contribution in [-0.4, -0.2) is 11.9 Å². The predicted molar refractivity (Wildman–Crippen MR) is 169 cm³/mol. The van der Waals surface area contributed by atoms with Crippen molar-refractivity contribution in [3.63, 3.8) is 0 Å². The predicted octanol–water partition coefficient (Wildman–Crippen LogP) is 8.65. The molecule has 0 radical (unpaired) electrons. The van der Waals surface area contributed by atoms with E-state index in [4.69, 9.17) is 0 Å². The third-order valence-electron chi connectivity index (χ3n) is 6.06. The maximum absolute atomic E-state index is 10.2. The third kappa shape index (κ3) is 48.0. The molecular weight excluding hydrogens is 552 g/mol. The van der Waals surface area contributed by atoms with Crippen molar-refractivity contribution < 1.29 is 36.9 Å². The molecular formula is C36H58FeO4. The number of allylic oxidation sites excluding steroid dienone is 12.